The van der Waals surface area contributed by atoms with Crippen LogP contribution in [0.4, 0.5) is 4.79 Å². The normalized spacial score (nSPS) is 12.5. The zero-order chi connectivity index (χ0) is 20.2. The van der Waals surface area contributed by atoms with Crippen LogP contribution in [0, 0.1) is 13.8 Å². The fraction of sp³-hybridized carbons (Fsp3) is 0.450. The van der Waals surface area contributed by atoms with Crippen LogP contribution < -0.4 is 5.32 Å². The Balaban J connectivity index is 2.15. The predicted molar refractivity (Wildman–Crippen MR) is 102 cm³/mol. The molecule has 1 amide bonds. The Morgan fingerprint density at radius 2 is 1.89 bits per heavy atom. The summed E-state index contributed by atoms with van der Waals surface area (Å²) in [6, 6.07) is 4.80. The summed E-state index contributed by atoms with van der Waals surface area (Å²) in [5.74, 6) is -1.10. The molecule has 0 aliphatic rings. The van der Waals surface area contributed by atoms with E-state index in [-0.39, 0.29) is 6.42 Å². The minimum Gasteiger partial charge on any atom is -0.480 e. The molecule has 27 heavy (non-hydrogen) atoms. The number of pyridine rings is 1. The second-order valence-electron chi connectivity index (χ2n) is 7.58. The van der Waals surface area contributed by atoms with Gasteiger partial charge in [0.25, 0.3) is 0 Å². The third-order valence-electron chi connectivity index (χ3n) is 4.18. The number of ether oxygens (including phenoxy) is 1. The molecule has 0 fully saturated rings. The number of alkyl carbamates (subject to hydrolysis) is 1. The molecule has 1 atom stereocenters. The molecule has 1 unspecified atom stereocenters. The summed E-state index contributed by atoms with van der Waals surface area (Å²) in [5, 5.41) is 11.9. The van der Waals surface area contributed by atoms with Crippen LogP contribution in [-0.4, -0.2) is 38.4 Å². The molecule has 7 nitrogen and oxygen atoms in total. The summed E-state index contributed by atoms with van der Waals surface area (Å²) in [4.78, 5) is 27.6. The van der Waals surface area contributed by atoms with Gasteiger partial charge < -0.3 is 19.7 Å². The van der Waals surface area contributed by atoms with Gasteiger partial charge >= 0.3 is 12.1 Å². The van der Waals surface area contributed by atoms with Gasteiger partial charge in [-0.2, -0.15) is 0 Å². The quantitative estimate of drug-likeness (QED) is 0.812. The van der Waals surface area contributed by atoms with Gasteiger partial charge in [-0.15, -0.1) is 0 Å². The standard InChI is InChI=1S/C20H27N3O4/c1-13-10-16(14(2)23(13)12-15-6-8-21-9-7-15)11-17(18(24)25)22-19(26)27-20(3,4)5/h6-10,17H,11-12H2,1-5H3,(H,22,26)(H,24,25). The van der Waals surface area contributed by atoms with Gasteiger partial charge in [0.2, 0.25) is 0 Å². The first-order valence-electron chi connectivity index (χ1n) is 8.83. The van der Waals surface area contributed by atoms with E-state index in [0.29, 0.717) is 6.54 Å². The second-order valence-corrected chi connectivity index (χ2v) is 7.58. The molecule has 7 heteroatoms. The van der Waals surface area contributed by atoms with Crippen LogP contribution in [-0.2, 0) is 22.5 Å². The molecule has 0 bridgehead atoms. The Labute approximate surface area is 159 Å². The maximum Gasteiger partial charge on any atom is 0.408 e. The molecule has 2 heterocycles. The van der Waals surface area contributed by atoms with E-state index in [1.54, 1.807) is 33.2 Å². The number of carboxylic acids is 1. The summed E-state index contributed by atoms with van der Waals surface area (Å²) >= 11 is 0. The number of aryl methyl sites for hydroxylation is 1. The van der Waals surface area contributed by atoms with E-state index >= 15 is 0 Å². The topological polar surface area (TPSA) is 93.5 Å². The number of carbonyl (C=O) groups is 2. The van der Waals surface area contributed by atoms with Gasteiger partial charge in [-0.05, 0) is 63.9 Å². The minimum atomic E-state index is -1.10. The highest BCUT2D eigenvalue weighted by Crippen LogP contribution is 2.19. The van der Waals surface area contributed by atoms with Crippen molar-refractivity contribution in [2.75, 3.05) is 0 Å². The monoisotopic (exact) mass is 373 g/mol. The Morgan fingerprint density at radius 3 is 2.44 bits per heavy atom. The first-order chi connectivity index (χ1) is 12.6. The number of nitrogens with one attached hydrogen (secondary N) is 1. The van der Waals surface area contributed by atoms with Gasteiger partial charge in [-0.1, -0.05) is 0 Å². The van der Waals surface area contributed by atoms with Crippen LogP contribution in [0.25, 0.3) is 0 Å². The Morgan fingerprint density at radius 1 is 1.26 bits per heavy atom. The Kier molecular flexibility index (Phi) is 6.25. The van der Waals surface area contributed by atoms with Crippen molar-refractivity contribution < 1.29 is 19.4 Å². The van der Waals surface area contributed by atoms with E-state index in [1.165, 1.54) is 0 Å². The maximum atomic E-state index is 12.0. The number of hydrogen-bond acceptors (Lipinski definition) is 4. The van der Waals surface area contributed by atoms with Crippen molar-refractivity contribution in [2.45, 2.75) is 59.2 Å². The average molecular weight is 373 g/mol. The van der Waals surface area contributed by atoms with Crippen LogP contribution in [0.3, 0.4) is 0 Å². The van der Waals surface area contributed by atoms with Crippen LogP contribution in [0.1, 0.15) is 43.3 Å². The lowest BCUT2D eigenvalue weighted by Crippen LogP contribution is -2.44. The fourth-order valence-corrected chi connectivity index (χ4v) is 2.86. The molecule has 0 saturated heterocycles. The fourth-order valence-electron chi connectivity index (χ4n) is 2.86. The number of carboxylic acid groups (broad SMARTS) is 1. The van der Waals surface area contributed by atoms with Crippen LogP contribution in [0.5, 0.6) is 0 Å². The molecule has 0 radical (unpaired) electrons. The molecule has 2 aromatic heterocycles. The highest BCUT2D eigenvalue weighted by molar-refractivity contribution is 5.80. The maximum absolute atomic E-state index is 12.0. The molecule has 2 rings (SSSR count). The zero-order valence-corrected chi connectivity index (χ0v) is 16.4. The molecule has 2 aromatic rings. The lowest BCUT2D eigenvalue weighted by Gasteiger charge is -2.22. The van der Waals surface area contributed by atoms with E-state index in [9.17, 15) is 14.7 Å². The third-order valence-corrected chi connectivity index (χ3v) is 4.18. The minimum absolute atomic E-state index is 0.185. The largest absolute Gasteiger partial charge is 0.480 e. The highest BCUT2D eigenvalue weighted by atomic mass is 16.6. The van der Waals surface area contributed by atoms with Crippen LogP contribution in [0.15, 0.2) is 30.6 Å². The summed E-state index contributed by atoms with van der Waals surface area (Å²) in [6.07, 6.45) is 2.94. The molecular weight excluding hydrogens is 346 g/mol. The average Bonchev–Trinajstić information content (AvgIpc) is 2.81. The van der Waals surface area contributed by atoms with Gasteiger partial charge in [-0.3, -0.25) is 4.98 Å². The third kappa shape index (κ3) is 5.84. The van der Waals surface area contributed by atoms with Gasteiger partial charge in [0.1, 0.15) is 11.6 Å². The zero-order valence-electron chi connectivity index (χ0n) is 16.4. The summed E-state index contributed by atoms with van der Waals surface area (Å²) in [5.41, 5.74) is 3.31. The first-order valence-corrected chi connectivity index (χ1v) is 8.83. The molecular formula is C20H27N3O4. The lowest BCUT2D eigenvalue weighted by molar-refractivity contribution is -0.139. The van der Waals surface area contributed by atoms with E-state index < -0.39 is 23.7 Å². The number of aliphatic carboxylic acids is 1. The van der Waals surface area contributed by atoms with Crippen LogP contribution in [0.2, 0.25) is 0 Å². The van der Waals surface area contributed by atoms with Crippen molar-refractivity contribution in [1.82, 2.24) is 14.9 Å². The number of hydrogen-bond donors (Lipinski definition) is 2. The van der Waals surface area contributed by atoms with E-state index in [4.69, 9.17) is 4.74 Å². The molecule has 0 spiro atoms. The van der Waals surface area contributed by atoms with Crippen molar-refractivity contribution in [1.29, 1.82) is 0 Å². The lowest BCUT2D eigenvalue weighted by atomic mass is 10.1. The SMILES string of the molecule is Cc1cc(CC(NC(=O)OC(C)(C)C)C(=O)O)c(C)n1Cc1ccncc1. The molecule has 2 N–H and O–H groups in total. The van der Waals surface area contributed by atoms with Crippen molar-refractivity contribution in [3.8, 4) is 0 Å². The molecule has 0 saturated carbocycles. The Hall–Kier alpha value is -2.83. The second kappa shape index (κ2) is 8.24. The van der Waals surface area contributed by atoms with Crippen molar-refractivity contribution in [2.24, 2.45) is 0 Å². The number of carbonyl (C=O) groups excluding carboxylic acids is 1. The molecule has 0 aliphatic heterocycles. The highest BCUT2D eigenvalue weighted by Gasteiger charge is 2.25. The van der Waals surface area contributed by atoms with Crippen molar-refractivity contribution in [3.63, 3.8) is 0 Å². The van der Waals surface area contributed by atoms with Crippen molar-refractivity contribution >= 4 is 12.1 Å². The number of rotatable bonds is 6. The van der Waals surface area contributed by atoms with E-state index in [2.05, 4.69) is 14.9 Å². The summed E-state index contributed by atoms with van der Waals surface area (Å²) < 4.78 is 7.29. The van der Waals surface area contributed by atoms with Gasteiger partial charge in [0.05, 0.1) is 0 Å². The molecule has 146 valence electrons. The molecule has 0 aromatic carbocycles. The van der Waals surface area contributed by atoms with E-state index in [0.717, 1.165) is 22.5 Å². The summed E-state index contributed by atoms with van der Waals surface area (Å²) in [7, 11) is 0. The smallest absolute Gasteiger partial charge is 0.408 e. The van der Waals surface area contributed by atoms with Gasteiger partial charge in [0.15, 0.2) is 0 Å². The Bertz CT molecular complexity index is 807. The number of nitrogens with zero attached hydrogens (tertiary/aromatic N) is 2. The number of amides is 1. The van der Waals surface area contributed by atoms with E-state index in [1.807, 2.05) is 32.0 Å². The van der Waals surface area contributed by atoms with Gasteiger partial charge in [-0.25, -0.2) is 9.59 Å². The molecule has 0 aliphatic carbocycles. The van der Waals surface area contributed by atoms with Crippen LogP contribution >= 0.6 is 0 Å². The number of aromatic nitrogens is 2. The predicted octanol–water partition coefficient (Wildman–Crippen LogP) is 3.07. The van der Waals surface area contributed by atoms with Gasteiger partial charge in [0, 0.05) is 36.7 Å². The first kappa shape index (κ1) is 20.5. The summed E-state index contributed by atoms with van der Waals surface area (Å²) in [6.45, 7) is 9.81. The van der Waals surface area contributed by atoms with Crippen molar-refractivity contribution in [3.05, 3.63) is 53.1 Å².